The number of piperidine rings is 1. The lowest BCUT2D eigenvalue weighted by Gasteiger charge is -2.34. The minimum atomic E-state index is 0.578. The minimum Gasteiger partial charge on any atom is -0.353 e. The number of aromatic nitrogens is 2. The van der Waals surface area contributed by atoms with Crippen LogP contribution in [0.4, 0.5) is 5.82 Å². The summed E-state index contributed by atoms with van der Waals surface area (Å²) in [6.07, 6.45) is 5.54. The molecule has 1 aromatic carbocycles. The lowest BCUT2D eigenvalue weighted by Crippen LogP contribution is -2.38. The summed E-state index contributed by atoms with van der Waals surface area (Å²) in [5.74, 6) is 1.10. The number of rotatable bonds is 1. The number of anilines is 1. The van der Waals surface area contributed by atoms with Crippen LogP contribution in [0.2, 0.25) is 0 Å². The fourth-order valence-electron chi connectivity index (χ4n) is 2.66. The Hall–Kier alpha value is -0.910. The maximum absolute atomic E-state index is 4.53. The van der Waals surface area contributed by atoms with Crippen molar-refractivity contribution in [1.82, 2.24) is 9.97 Å². The molecule has 0 amide bonds. The topological polar surface area (TPSA) is 29.0 Å². The van der Waals surface area contributed by atoms with Gasteiger partial charge in [-0.1, -0.05) is 0 Å². The Morgan fingerprint density at radius 1 is 1.28 bits per heavy atom. The molecule has 18 heavy (non-hydrogen) atoms. The molecule has 0 unspecified atom stereocenters. The number of halogens is 1. The van der Waals surface area contributed by atoms with Crippen molar-refractivity contribution in [3.8, 4) is 0 Å². The van der Waals surface area contributed by atoms with Crippen LogP contribution in [0.3, 0.4) is 0 Å². The van der Waals surface area contributed by atoms with Crippen molar-refractivity contribution in [2.24, 2.45) is 0 Å². The van der Waals surface area contributed by atoms with Gasteiger partial charge in [0.05, 0.1) is 5.52 Å². The van der Waals surface area contributed by atoms with Gasteiger partial charge >= 0.3 is 0 Å². The molecule has 1 aliphatic rings. The molecule has 2 heterocycles. The van der Waals surface area contributed by atoms with E-state index >= 15 is 0 Å². The normalized spacial score (nSPS) is 20.3. The van der Waals surface area contributed by atoms with E-state index in [1.54, 1.807) is 6.33 Å². The molecule has 0 bridgehead atoms. The molecule has 0 radical (unpaired) electrons. The molecule has 0 aliphatic carbocycles. The Labute approximate surface area is 121 Å². The van der Waals surface area contributed by atoms with Crippen molar-refractivity contribution in [2.75, 3.05) is 11.4 Å². The summed E-state index contributed by atoms with van der Waals surface area (Å²) >= 11 is 2.35. The zero-order valence-corrected chi connectivity index (χ0v) is 12.6. The first kappa shape index (κ1) is 12.1. The largest absolute Gasteiger partial charge is 0.353 e. The summed E-state index contributed by atoms with van der Waals surface area (Å²) in [5.41, 5.74) is 1.04. The SMILES string of the molecule is C[C@@H]1CCCCN1c1ncnc2ccc(I)cc12. The van der Waals surface area contributed by atoms with Crippen LogP contribution in [0, 0.1) is 3.57 Å². The van der Waals surface area contributed by atoms with E-state index in [4.69, 9.17) is 0 Å². The number of fused-ring (bicyclic) bond motifs is 1. The Balaban J connectivity index is 2.12. The Kier molecular flexibility index (Phi) is 3.37. The molecule has 94 valence electrons. The first-order valence-corrected chi connectivity index (χ1v) is 7.50. The molecule has 1 aromatic heterocycles. The van der Waals surface area contributed by atoms with Gasteiger partial charge in [0.15, 0.2) is 0 Å². The summed E-state index contributed by atoms with van der Waals surface area (Å²) in [7, 11) is 0. The van der Waals surface area contributed by atoms with E-state index in [0.29, 0.717) is 6.04 Å². The quantitative estimate of drug-likeness (QED) is 0.734. The molecule has 0 N–H and O–H groups in total. The molecular formula is C14H16IN3. The summed E-state index contributed by atoms with van der Waals surface area (Å²) in [6, 6.07) is 6.94. The maximum Gasteiger partial charge on any atom is 0.140 e. The summed E-state index contributed by atoms with van der Waals surface area (Å²) < 4.78 is 1.24. The van der Waals surface area contributed by atoms with Crippen molar-refractivity contribution in [3.63, 3.8) is 0 Å². The van der Waals surface area contributed by atoms with E-state index in [0.717, 1.165) is 17.9 Å². The molecule has 0 saturated carbocycles. The van der Waals surface area contributed by atoms with Crippen LogP contribution in [0.1, 0.15) is 26.2 Å². The highest BCUT2D eigenvalue weighted by molar-refractivity contribution is 14.1. The van der Waals surface area contributed by atoms with Crippen LogP contribution in [-0.2, 0) is 0 Å². The van der Waals surface area contributed by atoms with Crippen LogP contribution in [0.25, 0.3) is 10.9 Å². The first-order chi connectivity index (χ1) is 8.75. The lowest BCUT2D eigenvalue weighted by molar-refractivity contribution is 0.482. The van der Waals surface area contributed by atoms with Gasteiger partial charge in [-0.15, -0.1) is 0 Å². The predicted molar refractivity (Wildman–Crippen MR) is 82.9 cm³/mol. The first-order valence-electron chi connectivity index (χ1n) is 6.42. The van der Waals surface area contributed by atoms with Crippen molar-refractivity contribution in [2.45, 2.75) is 32.2 Å². The van der Waals surface area contributed by atoms with E-state index in [2.05, 4.69) is 62.6 Å². The zero-order chi connectivity index (χ0) is 12.5. The van der Waals surface area contributed by atoms with Crippen LogP contribution in [0.15, 0.2) is 24.5 Å². The van der Waals surface area contributed by atoms with Gasteiger partial charge in [0, 0.05) is 21.5 Å². The standard InChI is InChI=1S/C14H16IN3/c1-10-4-2-3-7-18(10)14-12-8-11(15)5-6-13(12)16-9-17-14/h5-6,8-10H,2-4,7H2,1H3/t10-/m1/s1. The van der Waals surface area contributed by atoms with Gasteiger partial charge < -0.3 is 4.90 Å². The van der Waals surface area contributed by atoms with Crippen LogP contribution >= 0.6 is 22.6 Å². The van der Waals surface area contributed by atoms with Crippen LogP contribution in [-0.4, -0.2) is 22.6 Å². The van der Waals surface area contributed by atoms with E-state index in [1.165, 1.54) is 28.2 Å². The van der Waals surface area contributed by atoms with Gasteiger partial charge in [-0.3, -0.25) is 0 Å². The van der Waals surface area contributed by atoms with Gasteiger partial charge in [0.2, 0.25) is 0 Å². The third-order valence-corrected chi connectivity index (χ3v) is 4.32. The molecular weight excluding hydrogens is 337 g/mol. The second-order valence-corrected chi connectivity index (χ2v) is 6.14. The zero-order valence-electron chi connectivity index (χ0n) is 10.4. The molecule has 2 aromatic rings. The van der Waals surface area contributed by atoms with Gasteiger partial charge in [-0.05, 0) is 67.0 Å². The van der Waals surface area contributed by atoms with E-state index < -0.39 is 0 Å². The molecule has 3 nitrogen and oxygen atoms in total. The Morgan fingerprint density at radius 2 is 2.17 bits per heavy atom. The van der Waals surface area contributed by atoms with Crippen molar-refractivity contribution in [3.05, 3.63) is 28.1 Å². The summed E-state index contributed by atoms with van der Waals surface area (Å²) in [5, 5.41) is 1.18. The van der Waals surface area contributed by atoms with E-state index in [9.17, 15) is 0 Å². The second-order valence-electron chi connectivity index (χ2n) is 4.90. The van der Waals surface area contributed by atoms with E-state index in [1.807, 2.05) is 0 Å². The van der Waals surface area contributed by atoms with Gasteiger partial charge in [0.25, 0.3) is 0 Å². The lowest BCUT2D eigenvalue weighted by atomic mass is 10.0. The number of benzene rings is 1. The third-order valence-electron chi connectivity index (χ3n) is 3.65. The number of hydrogen-bond acceptors (Lipinski definition) is 3. The molecule has 1 aliphatic heterocycles. The van der Waals surface area contributed by atoms with Gasteiger partial charge in [-0.2, -0.15) is 0 Å². The number of nitrogens with zero attached hydrogens (tertiary/aromatic N) is 3. The molecule has 1 saturated heterocycles. The van der Waals surface area contributed by atoms with Crippen molar-refractivity contribution >= 4 is 39.3 Å². The van der Waals surface area contributed by atoms with Crippen LogP contribution < -0.4 is 4.90 Å². The number of hydrogen-bond donors (Lipinski definition) is 0. The fourth-order valence-corrected chi connectivity index (χ4v) is 3.15. The van der Waals surface area contributed by atoms with Crippen molar-refractivity contribution < 1.29 is 0 Å². The Bertz CT molecular complexity index is 570. The molecule has 1 atom stereocenters. The Morgan fingerprint density at radius 3 is 3.00 bits per heavy atom. The smallest absolute Gasteiger partial charge is 0.140 e. The average Bonchev–Trinajstić information content (AvgIpc) is 2.39. The average molecular weight is 353 g/mol. The summed E-state index contributed by atoms with van der Waals surface area (Å²) in [4.78, 5) is 11.3. The predicted octanol–water partition coefficient (Wildman–Crippen LogP) is 3.61. The van der Waals surface area contributed by atoms with Gasteiger partial charge in [0.1, 0.15) is 12.1 Å². The van der Waals surface area contributed by atoms with Crippen molar-refractivity contribution in [1.29, 1.82) is 0 Å². The highest BCUT2D eigenvalue weighted by Crippen LogP contribution is 2.29. The molecule has 4 heteroatoms. The molecule has 3 rings (SSSR count). The van der Waals surface area contributed by atoms with E-state index in [-0.39, 0.29) is 0 Å². The monoisotopic (exact) mass is 353 g/mol. The fraction of sp³-hybridized carbons (Fsp3) is 0.429. The third kappa shape index (κ3) is 2.18. The summed E-state index contributed by atoms with van der Waals surface area (Å²) in [6.45, 7) is 3.40. The highest BCUT2D eigenvalue weighted by Gasteiger charge is 2.21. The van der Waals surface area contributed by atoms with Gasteiger partial charge in [-0.25, -0.2) is 9.97 Å². The highest BCUT2D eigenvalue weighted by atomic mass is 127. The molecule has 0 spiro atoms. The molecule has 1 fully saturated rings. The van der Waals surface area contributed by atoms with Crippen LogP contribution in [0.5, 0.6) is 0 Å². The second kappa shape index (κ2) is 4.99. The maximum atomic E-state index is 4.53. The minimum absolute atomic E-state index is 0.578.